The van der Waals surface area contributed by atoms with Crippen LogP contribution in [0, 0.1) is 0 Å². The van der Waals surface area contributed by atoms with E-state index in [1.54, 1.807) is 16.9 Å². The van der Waals surface area contributed by atoms with Crippen LogP contribution in [0.2, 0.25) is 0 Å². The van der Waals surface area contributed by atoms with E-state index in [2.05, 4.69) is 20.8 Å². The van der Waals surface area contributed by atoms with Crippen molar-refractivity contribution in [3.05, 3.63) is 0 Å². The Morgan fingerprint density at radius 2 is 1.44 bits per heavy atom. The van der Waals surface area contributed by atoms with Crippen LogP contribution < -0.4 is 0 Å². The standard InChI is InChI=1S/C7H15GeO/c1-4-7(5-2,6-3)9-8/h4-6H2,1-3H3. The molecule has 0 unspecified atom stereocenters. The van der Waals surface area contributed by atoms with Crippen molar-refractivity contribution in [1.29, 1.82) is 0 Å². The average molecular weight is 188 g/mol. The van der Waals surface area contributed by atoms with Crippen molar-refractivity contribution < 1.29 is 3.76 Å². The molecule has 0 saturated carbocycles. The van der Waals surface area contributed by atoms with Crippen LogP contribution in [0.1, 0.15) is 40.0 Å². The third-order valence-electron chi connectivity index (χ3n) is 2.15. The van der Waals surface area contributed by atoms with Gasteiger partial charge < -0.3 is 0 Å². The van der Waals surface area contributed by atoms with E-state index in [4.69, 9.17) is 3.76 Å². The number of hydrogen-bond acceptors (Lipinski definition) is 1. The van der Waals surface area contributed by atoms with E-state index in [1.807, 2.05) is 0 Å². The van der Waals surface area contributed by atoms with Crippen LogP contribution in [0.25, 0.3) is 0 Å². The van der Waals surface area contributed by atoms with Gasteiger partial charge in [0.1, 0.15) is 0 Å². The SMILES string of the molecule is CCC(CC)(CC)[O][Ge]. The van der Waals surface area contributed by atoms with Crippen molar-refractivity contribution in [2.45, 2.75) is 45.6 Å². The molecule has 3 radical (unpaired) electrons. The molecule has 0 aromatic carbocycles. The topological polar surface area (TPSA) is 9.23 Å². The predicted octanol–water partition coefficient (Wildman–Crippen LogP) is 2.06. The summed E-state index contributed by atoms with van der Waals surface area (Å²) in [5.41, 5.74) is 0.167. The van der Waals surface area contributed by atoms with Gasteiger partial charge in [-0.2, -0.15) is 0 Å². The van der Waals surface area contributed by atoms with Gasteiger partial charge in [0.2, 0.25) is 0 Å². The molecule has 1 nitrogen and oxygen atoms in total. The normalized spacial score (nSPS) is 12.0. The van der Waals surface area contributed by atoms with E-state index in [-0.39, 0.29) is 5.60 Å². The monoisotopic (exact) mass is 189 g/mol. The molecule has 0 rings (SSSR count). The van der Waals surface area contributed by atoms with Crippen LogP contribution in [0.3, 0.4) is 0 Å². The summed E-state index contributed by atoms with van der Waals surface area (Å²) in [5.74, 6) is 0. The number of rotatable bonds is 4. The first kappa shape index (κ1) is 9.50. The molecule has 9 heavy (non-hydrogen) atoms. The van der Waals surface area contributed by atoms with Crippen LogP contribution in [-0.2, 0) is 3.76 Å². The molecular weight excluding hydrogens is 173 g/mol. The van der Waals surface area contributed by atoms with Gasteiger partial charge in [-0.25, -0.2) is 0 Å². The van der Waals surface area contributed by atoms with Gasteiger partial charge in [0.15, 0.2) is 0 Å². The second-order valence-corrected chi connectivity index (χ2v) is 2.77. The van der Waals surface area contributed by atoms with E-state index in [1.165, 1.54) is 0 Å². The minimum absolute atomic E-state index is 0.167. The summed E-state index contributed by atoms with van der Waals surface area (Å²) in [7, 11) is 0. The first-order valence-electron chi connectivity index (χ1n) is 3.59. The Hall–Kier alpha value is 0.503. The van der Waals surface area contributed by atoms with E-state index < -0.39 is 0 Å². The fourth-order valence-electron chi connectivity index (χ4n) is 0.967. The zero-order chi connectivity index (χ0) is 7.33. The van der Waals surface area contributed by atoms with E-state index in [9.17, 15) is 0 Å². The second kappa shape index (κ2) is 4.34. The minimum atomic E-state index is 0.167. The molecule has 0 atom stereocenters. The Bertz CT molecular complexity index is 51.8. The van der Waals surface area contributed by atoms with Gasteiger partial charge in [-0.05, 0) is 0 Å². The van der Waals surface area contributed by atoms with E-state index in [0.29, 0.717) is 0 Å². The molecule has 2 heteroatoms. The maximum atomic E-state index is 5.39. The Morgan fingerprint density at radius 3 is 1.44 bits per heavy atom. The Morgan fingerprint density at radius 1 is 1.11 bits per heavy atom. The quantitative estimate of drug-likeness (QED) is 0.613. The van der Waals surface area contributed by atoms with Gasteiger partial charge in [-0.15, -0.1) is 0 Å². The van der Waals surface area contributed by atoms with Gasteiger partial charge in [-0.3, -0.25) is 0 Å². The van der Waals surface area contributed by atoms with Crippen LogP contribution >= 0.6 is 0 Å². The van der Waals surface area contributed by atoms with Gasteiger partial charge in [-0.1, -0.05) is 0 Å². The van der Waals surface area contributed by atoms with E-state index >= 15 is 0 Å². The molecule has 0 heterocycles. The summed E-state index contributed by atoms with van der Waals surface area (Å²) in [6, 6.07) is 0. The molecule has 53 valence electrons. The maximum absolute atomic E-state index is 5.39. The molecule has 0 spiro atoms. The zero-order valence-corrected chi connectivity index (χ0v) is 8.63. The first-order valence-corrected chi connectivity index (χ1v) is 4.45. The van der Waals surface area contributed by atoms with Crippen LogP contribution in [0.15, 0.2) is 0 Å². The third kappa shape index (κ3) is 2.30. The third-order valence-corrected chi connectivity index (χ3v) is 3.06. The molecule has 0 fully saturated rings. The van der Waals surface area contributed by atoms with Crippen LogP contribution in [-0.4, -0.2) is 22.5 Å². The van der Waals surface area contributed by atoms with Gasteiger partial charge >= 0.3 is 66.2 Å². The molecule has 0 bridgehead atoms. The first-order chi connectivity index (χ1) is 4.24. The van der Waals surface area contributed by atoms with Crippen molar-refractivity contribution in [3.8, 4) is 0 Å². The predicted molar refractivity (Wildman–Crippen MR) is 40.4 cm³/mol. The van der Waals surface area contributed by atoms with Crippen molar-refractivity contribution in [3.63, 3.8) is 0 Å². The molecule has 0 saturated heterocycles. The molecule has 0 aliphatic rings. The zero-order valence-electron chi connectivity index (χ0n) is 6.53. The van der Waals surface area contributed by atoms with Crippen molar-refractivity contribution >= 4 is 16.9 Å². The fraction of sp³-hybridized carbons (Fsp3) is 1.00. The Kier molecular flexibility index (Phi) is 4.58. The molecule has 0 aromatic heterocycles. The fourth-order valence-corrected chi connectivity index (χ4v) is 1.88. The van der Waals surface area contributed by atoms with Crippen molar-refractivity contribution in [2.75, 3.05) is 0 Å². The molecule has 0 aromatic rings. The summed E-state index contributed by atoms with van der Waals surface area (Å²) in [6.07, 6.45) is 3.36. The number of hydrogen-bond donors (Lipinski definition) is 0. The van der Waals surface area contributed by atoms with Crippen molar-refractivity contribution in [2.24, 2.45) is 0 Å². The summed E-state index contributed by atoms with van der Waals surface area (Å²) < 4.78 is 5.39. The summed E-state index contributed by atoms with van der Waals surface area (Å²) in [5, 5.41) is 0. The molecule has 0 aliphatic heterocycles. The van der Waals surface area contributed by atoms with E-state index in [0.717, 1.165) is 19.3 Å². The Balaban J connectivity index is 3.82. The Labute approximate surface area is 66.7 Å². The molecule has 0 N–H and O–H groups in total. The summed E-state index contributed by atoms with van der Waals surface area (Å²) in [4.78, 5) is 0. The molecular formula is C7H15GeO. The van der Waals surface area contributed by atoms with Gasteiger partial charge in [0, 0.05) is 0 Å². The molecule has 0 aliphatic carbocycles. The average Bonchev–Trinajstić information content (AvgIpc) is 1.95. The van der Waals surface area contributed by atoms with Crippen molar-refractivity contribution in [1.82, 2.24) is 0 Å². The summed E-state index contributed by atoms with van der Waals surface area (Å²) in [6.45, 7) is 6.53. The molecule has 0 amide bonds. The van der Waals surface area contributed by atoms with Gasteiger partial charge in [0.25, 0.3) is 0 Å². The van der Waals surface area contributed by atoms with Gasteiger partial charge in [0.05, 0.1) is 0 Å². The second-order valence-electron chi connectivity index (χ2n) is 2.35. The summed E-state index contributed by atoms with van der Waals surface area (Å²) >= 11 is 1.80. The van der Waals surface area contributed by atoms with Crippen LogP contribution in [0.5, 0.6) is 0 Å². The van der Waals surface area contributed by atoms with Crippen LogP contribution in [0.4, 0.5) is 0 Å².